The van der Waals surface area contributed by atoms with Crippen molar-refractivity contribution in [1.29, 1.82) is 0 Å². The molecule has 1 rings (SSSR count). The monoisotopic (exact) mass is 258 g/mol. The standard InChI is InChI=1S/C13H26N2O3/c1-10(13(17)14-7-8-18-2)15-9-11-5-3-4-6-12(11)16/h10-12,15-16H,3-9H2,1-2H3,(H,14,17). The van der Waals surface area contributed by atoms with Gasteiger partial charge in [0.15, 0.2) is 0 Å². The Bertz CT molecular complexity index is 248. The number of methoxy groups -OCH3 is 1. The molecule has 106 valence electrons. The molecule has 3 N–H and O–H groups in total. The predicted molar refractivity (Wildman–Crippen MR) is 70.3 cm³/mol. The van der Waals surface area contributed by atoms with Gasteiger partial charge < -0.3 is 20.5 Å². The van der Waals surface area contributed by atoms with Gasteiger partial charge in [-0.2, -0.15) is 0 Å². The number of rotatable bonds is 7. The van der Waals surface area contributed by atoms with E-state index in [4.69, 9.17) is 4.74 Å². The Morgan fingerprint density at radius 3 is 2.83 bits per heavy atom. The van der Waals surface area contributed by atoms with Gasteiger partial charge in [0.05, 0.1) is 18.8 Å². The SMILES string of the molecule is COCCNC(=O)C(C)NCC1CCCCC1O. The summed E-state index contributed by atoms with van der Waals surface area (Å²) < 4.78 is 4.87. The number of carbonyl (C=O) groups is 1. The average Bonchev–Trinajstić information content (AvgIpc) is 2.37. The fourth-order valence-corrected chi connectivity index (χ4v) is 2.28. The topological polar surface area (TPSA) is 70.6 Å². The van der Waals surface area contributed by atoms with Crippen LogP contribution in [0.25, 0.3) is 0 Å². The van der Waals surface area contributed by atoms with E-state index in [1.54, 1.807) is 7.11 Å². The van der Waals surface area contributed by atoms with Crippen molar-refractivity contribution in [3.63, 3.8) is 0 Å². The zero-order chi connectivity index (χ0) is 13.4. The van der Waals surface area contributed by atoms with Crippen LogP contribution in [0.2, 0.25) is 0 Å². The van der Waals surface area contributed by atoms with Crippen LogP contribution in [0, 0.1) is 5.92 Å². The van der Waals surface area contributed by atoms with Crippen LogP contribution in [-0.2, 0) is 9.53 Å². The molecule has 3 atom stereocenters. The van der Waals surface area contributed by atoms with Crippen LogP contribution in [0.1, 0.15) is 32.6 Å². The van der Waals surface area contributed by atoms with E-state index < -0.39 is 0 Å². The van der Waals surface area contributed by atoms with Crippen LogP contribution in [0.5, 0.6) is 0 Å². The summed E-state index contributed by atoms with van der Waals surface area (Å²) in [6, 6.07) is -0.226. The highest BCUT2D eigenvalue weighted by Gasteiger charge is 2.23. The van der Waals surface area contributed by atoms with Crippen molar-refractivity contribution in [2.45, 2.75) is 44.8 Å². The minimum atomic E-state index is -0.226. The summed E-state index contributed by atoms with van der Waals surface area (Å²) in [6.45, 7) is 3.62. The van der Waals surface area contributed by atoms with Crippen molar-refractivity contribution in [3.8, 4) is 0 Å². The number of aliphatic hydroxyl groups is 1. The van der Waals surface area contributed by atoms with E-state index in [-0.39, 0.29) is 24.0 Å². The average molecular weight is 258 g/mol. The van der Waals surface area contributed by atoms with Crippen molar-refractivity contribution < 1.29 is 14.6 Å². The van der Waals surface area contributed by atoms with Crippen LogP contribution < -0.4 is 10.6 Å². The Kier molecular flexibility index (Phi) is 7.23. The Morgan fingerprint density at radius 2 is 2.17 bits per heavy atom. The van der Waals surface area contributed by atoms with Crippen LogP contribution in [0.3, 0.4) is 0 Å². The maximum absolute atomic E-state index is 11.7. The molecule has 18 heavy (non-hydrogen) atoms. The minimum Gasteiger partial charge on any atom is -0.393 e. The van der Waals surface area contributed by atoms with E-state index in [1.807, 2.05) is 6.92 Å². The molecule has 1 amide bonds. The molecule has 5 nitrogen and oxygen atoms in total. The number of aliphatic hydroxyl groups excluding tert-OH is 1. The molecule has 5 heteroatoms. The molecular weight excluding hydrogens is 232 g/mol. The molecular formula is C13H26N2O3. The Balaban J connectivity index is 2.18. The van der Waals surface area contributed by atoms with Crippen LogP contribution in [0.4, 0.5) is 0 Å². The lowest BCUT2D eigenvalue weighted by Gasteiger charge is -2.28. The summed E-state index contributed by atoms with van der Waals surface area (Å²) in [6.07, 6.45) is 4.02. The molecule has 1 aliphatic rings. The molecule has 0 aromatic carbocycles. The second-order valence-electron chi connectivity index (χ2n) is 5.03. The molecule has 0 aromatic heterocycles. The van der Waals surface area contributed by atoms with Gasteiger partial charge in [0.25, 0.3) is 0 Å². The summed E-state index contributed by atoms with van der Waals surface area (Å²) >= 11 is 0. The van der Waals surface area contributed by atoms with Crippen molar-refractivity contribution in [3.05, 3.63) is 0 Å². The number of hydrogen-bond acceptors (Lipinski definition) is 4. The molecule has 0 saturated heterocycles. The summed E-state index contributed by atoms with van der Waals surface area (Å²) in [7, 11) is 1.61. The molecule has 0 radical (unpaired) electrons. The lowest BCUT2D eigenvalue weighted by atomic mass is 9.86. The van der Waals surface area contributed by atoms with Crippen molar-refractivity contribution >= 4 is 5.91 Å². The highest BCUT2D eigenvalue weighted by molar-refractivity contribution is 5.81. The zero-order valence-electron chi connectivity index (χ0n) is 11.4. The van der Waals surface area contributed by atoms with E-state index in [0.717, 1.165) is 19.3 Å². The molecule has 1 aliphatic carbocycles. The van der Waals surface area contributed by atoms with Gasteiger partial charge in [0.2, 0.25) is 5.91 Å². The molecule has 3 unspecified atom stereocenters. The van der Waals surface area contributed by atoms with E-state index in [2.05, 4.69) is 10.6 Å². The Hall–Kier alpha value is -0.650. The highest BCUT2D eigenvalue weighted by atomic mass is 16.5. The number of amides is 1. The Labute approximate surface area is 109 Å². The fraction of sp³-hybridized carbons (Fsp3) is 0.923. The molecule has 0 heterocycles. The molecule has 1 saturated carbocycles. The third-order valence-electron chi connectivity index (χ3n) is 3.55. The summed E-state index contributed by atoms with van der Waals surface area (Å²) in [4.78, 5) is 11.7. The maximum atomic E-state index is 11.7. The fourth-order valence-electron chi connectivity index (χ4n) is 2.28. The number of hydrogen-bond donors (Lipinski definition) is 3. The molecule has 0 spiro atoms. The maximum Gasteiger partial charge on any atom is 0.236 e. The predicted octanol–water partition coefficient (Wildman–Crippen LogP) is 0.278. The number of nitrogens with one attached hydrogen (secondary N) is 2. The van der Waals surface area contributed by atoms with Gasteiger partial charge in [0.1, 0.15) is 0 Å². The quantitative estimate of drug-likeness (QED) is 0.574. The smallest absolute Gasteiger partial charge is 0.236 e. The van der Waals surface area contributed by atoms with E-state index in [9.17, 15) is 9.90 Å². The van der Waals surface area contributed by atoms with Gasteiger partial charge in [-0.25, -0.2) is 0 Å². The first-order valence-electron chi connectivity index (χ1n) is 6.83. The van der Waals surface area contributed by atoms with Gasteiger partial charge in [-0.15, -0.1) is 0 Å². The van der Waals surface area contributed by atoms with Crippen LogP contribution >= 0.6 is 0 Å². The van der Waals surface area contributed by atoms with E-state index in [0.29, 0.717) is 19.7 Å². The van der Waals surface area contributed by atoms with E-state index in [1.165, 1.54) is 6.42 Å². The largest absolute Gasteiger partial charge is 0.393 e. The lowest BCUT2D eigenvalue weighted by Crippen LogP contribution is -2.46. The van der Waals surface area contributed by atoms with Gasteiger partial charge in [-0.3, -0.25) is 4.79 Å². The minimum absolute atomic E-state index is 0.0163. The van der Waals surface area contributed by atoms with Gasteiger partial charge in [-0.1, -0.05) is 12.8 Å². The van der Waals surface area contributed by atoms with Crippen LogP contribution in [0.15, 0.2) is 0 Å². The zero-order valence-corrected chi connectivity index (χ0v) is 11.4. The first kappa shape index (κ1) is 15.4. The van der Waals surface area contributed by atoms with Gasteiger partial charge in [-0.05, 0) is 25.7 Å². The molecule has 0 bridgehead atoms. The second-order valence-corrected chi connectivity index (χ2v) is 5.03. The van der Waals surface area contributed by atoms with Gasteiger partial charge >= 0.3 is 0 Å². The summed E-state index contributed by atoms with van der Waals surface area (Å²) in [5.74, 6) is 0.269. The summed E-state index contributed by atoms with van der Waals surface area (Å²) in [5, 5.41) is 15.8. The van der Waals surface area contributed by atoms with Crippen molar-refractivity contribution in [1.82, 2.24) is 10.6 Å². The van der Waals surface area contributed by atoms with E-state index >= 15 is 0 Å². The number of carbonyl (C=O) groups excluding carboxylic acids is 1. The third-order valence-corrected chi connectivity index (χ3v) is 3.55. The Morgan fingerprint density at radius 1 is 1.44 bits per heavy atom. The first-order chi connectivity index (χ1) is 8.65. The second kappa shape index (κ2) is 8.45. The summed E-state index contributed by atoms with van der Waals surface area (Å²) in [5.41, 5.74) is 0. The first-order valence-corrected chi connectivity index (χ1v) is 6.83. The van der Waals surface area contributed by atoms with Gasteiger partial charge in [0, 0.05) is 20.2 Å². The van der Waals surface area contributed by atoms with Crippen LogP contribution in [-0.4, -0.2) is 50.0 Å². The number of ether oxygens (including phenoxy) is 1. The third kappa shape index (κ3) is 5.33. The lowest BCUT2D eigenvalue weighted by molar-refractivity contribution is -0.123. The normalized spacial score (nSPS) is 25.7. The molecule has 1 fully saturated rings. The highest BCUT2D eigenvalue weighted by Crippen LogP contribution is 2.23. The van der Waals surface area contributed by atoms with Crippen molar-refractivity contribution in [2.75, 3.05) is 26.8 Å². The van der Waals surface area contributed by atoms with Crippen molar-refractivity contribution in [2.24, 2.45) is 5.92 Å². The molecule has 0 aliphatic heterocycles. The molecule has 0 aromatic rings.